The van der Waals surface area contributed by atoms with Crippen molar-refractivity contribution >= 4 is 17.5 Å². The van der Waals surface area contributed by atoms with Crippen LogP contribution in [-0.2, 0) is 13.7 Å². The van der Waals surface area contributed by atoms with Gasteiger partial charge in [0.25, 0.3) is 0 Å². The fraction of sp³-hybridized carbons (Fsp3) is 0.217. The summed E-state index contributed by atoms with van der Waals surface area (Å²) in [6.07, 6.45) is 3.18. The Morgan fingerprint density at radius 1 is 1.16 bits per heavy atom. The van der Waals surface area contributed by atoms with E-state index in [4.69, 9.17) is 9.47 Å². The molecular formula is C23H23N3O5. The molecule has 8 heteroatoms. The second-order valence-electron chi connectivity index (χ2n) is 7.08. The zero-order valence-electron chi connectivity index (χ0n) is 17.8. The van der Waals surface area contributed by atoms with Crippen molar-refractivity contribution in [2.75, 3.05) is 7.11 Å². The summed E-state index contributed by atoms with van der Waals surface area (Å²) in [5.41, 5.74) is 3.42. The van der Waals surface area contributed by atoms with Crippen LogP contribution in [0.1, 0.15) is 32.9 Å². The maximum absolute atomic E-state index is 12.4. The van der Waals surface area contributed by atoms with Gasteiger partial charge < -0.3 is 9.47 Å². The van der Waals surface area contributed by atoms with Crippen LogP contribution in [0.3, 0.4) is 0 Å². The SMILES string of the molecule is COc1ccc(/C=C/C(=O)c2cc(C)nn2C)cc1COc1ccc(C)cc1[N+](=O)[O-]. The van der Waals surface area contributed by atoms with Crippen molar-refractivity contribution < 1.29 is 19.2 Å². The molecule has 0 saturated carbocycles. The quantitative estimate of drug-likeness (QED) is 0.231. The molecule has 0 fully saturated rings. The molecule has 0 aliphatic carbocycles. The monoisotopic (exact) mass is 421 g/mol. The number of hydrogen-bond donors (Lipinski definition) is 0. The summed E-state index contributed by atoms with van der Waals surface area (Å²) in [5.74, 6) is 0.604. The average molecular weight is 421 g/mol. The van der Waals surface area contributed by atoms with Crippen molar-refractivity contribution in [2.45, 2.75) is 20.5 Å². The number of aryl methyl sites for hydroxylation is 3. The second kappa shape index (κ2) is 9.25. The zero-order valence-corrected chi connectivity index (χ0v) is 17.8. The largest absolute Gasteiger partial charge is 0.496 e. The highest BCUT2D eigenvalue weighted by molar-refractivity contribution is 6.05. The number of carbonyl (C=O) groups excluding carboxylic acids is 1. The Hall–Kier alpha value is -3.94. The van der Waals surface area contributed by atoms with Gasteiger partial charge in [-0.3, -0.25) is 19.6 Å². The van der Waals surface area contributed by atoms with Crippen LogP contribution in [0.15, 0.2) is 48.5 Å². The minimum absolute atomic E-state index is 0.0730. The van der Waals surface area contributed by atoms with Gasteiger partial charge in [-0.05, 0) is 55.3 Å². The summed E-state index contributed by atoms with van der Waals surface area (Å²) in [7, 11) is 3.26. The highest BCUT2D eigenvalue weighted by Crippen LogP contribution is 2.30. The molecule has 8 nitrogen and oxygen atoms in total. The molecule has 1 aromatic heterocycles. The van der Waals surface area contributed by atoms with Crippen molar-refractivity contribution in [3.8, 4) is 11.5 Å². The van der Waals surface area contributed by atoms with Crippen LogP contribution in [0.5, 0.6) is 11.5 Å². The predicted octanol–water partition coefficient (Wildman–Crippen LogP) is 4.43. The van der Waals surface area contributed by atoms with Crippen LogP contribution in [0.4, 0.5) is 5.69 Å². The minimum Gasteiger partial charge on any atom is -0.496 e. The molecule has 0 bridgehead atoms. The van der Waals surface area contributed by atoms with Crippen LogP contribution in [-0.4, -0.2) is 27.6 Å². The van der Waals surface area contributed by atoms with Gasteiger partial charge in [0.1, 0.15) is 18.1 Å². The molecule has 3 rings (SSSR count). The number of nitro benzene ring substituents is 1. The number of allylic oxidation sites excluding steroid dienone is 1. The third kappa shape index (κ3) is 5.16. The molecule has 1 heterocycles. The normalized spacial score (nSPS) is 11.0. The van der Waals surface area contributed by atoms with Crippen LogP contribution in [0, 0.1) is 24.0 Å². The molecule has 2 aromatic carbocycles. The van der Waals surface area contributed by atoms with E-state index in [1.165, 1.54) is 19.3 Å². The Morgan fingerprint density at radius 2 is 1.90 bits per heavy atom. The van der Waals surface area contributed by atoms with Crippen molar-refractivity contribution in [1.29, 1.82) is 0 Å². The Balaban J connectivity index is 1.80. The lowest BCUT2D eigenvalue weighted by molar-refractivity contribution is -0.386. The van der Waals surface area contributed by atoms with E-state index < -0.39 is 4.92 Å². The lowest BCUT2D eigenvalue weighted by Crippen LogP contribution is -2.04. The van der Waals surface area contributed by atoms with Gasteiger partial charge >= 0.3 is 5.69 Å². The van der Waals surface area contributed by atoms with Crippen molar-refractivity contribution in [3.05, 3.63) is 86.7 Å². The van der Waals surface area contributed by atoms with Gasteiger partial charge in [0.15, 0.2) is 5.75 Å². The first-order valence-electron chi connectivity index (χ1n) is 9.56. The van der Waals surface area contributed by atoms with Crippen molar-refractivity contribution in [3.63, 3.8) is 0 Å². The van der Waals surface area contributed by atoms with Crippen LogP contribution in [0.25, 0.3) is 6.08 Å². The van der Waals surface area contributed by atoms with E-state index in [-0.39, 0.29) is 23.8 Å². The summed E-state index contributed by atoms with van der Waals surface area (Å²) in [4.78, 5) is 23.3. The van der Waals surface area contributed by atoms with E-state index in [1.807, 2.05) is 19.1 Å². The van der Waals surface area contributed by atoms with Crippen LogP contribution in [0.2, 0.25) is 0 Å². The fourth-order valence-corrected chi connectivity index (χ4v) is 3.16. The maximum atomic E-state index is 12.4. The maximum Gasteiger partial charge on any atom is 0.311 e. The zero-order chi connectivity index (χ0) is 22.5. The number of ether oxygens (including phenoxy) is 2. The number of nitro groups is 1. The van der Waals surface area contributed by atoms with E-state index in [2.05, 4.69) is 5.10 Å². The summed E-state index contributed by atoms with van der Waals surface area (Å²) in [6, 6.07) is 11.9. The lowest BCUT2D eigenvalue weighted by Gasteiger charge is -2.12. The number of hydrogen-bond acceptors (Lipinski definition) is 6. The number of carbonyl (C=O) groups is 1. The van der Waals surface area contributed by atoms with E-state index in [0.717, 1.165) is 16.8 Å². The molecule has 0 aliphatic rings. The second-order valence-corrected chi connectivity index (χ2v) is 7.08. The van der Waals surface area contributed by atoms with Gasteiger partial charge in [-0.2, -0.15) is 5.10 Å². The Bertz CT molecular complexity index is 1160. The standard InChI is InChI=1S/C23H23N3O5/c1-15-5-9-23(20(11-15)26(28)29)31-14-18-13-17(7-10-22(18)30-4)6-8-21(27)19-12-16(2)24-25(19)3/h5-13H,14H2,1-4H3/b8-6+. The van der Waals surface area contributed by atoms with Crippen LogP contribution >= 0.6 is 0 Å². The first-order chi connectivity index (χ1) is 14.8. The van der Waals surface area contributed by atoms with Gasteiger partial charge in [-0.1, -0.05) is 18.2 Å². The van der Waals surface area contributed by atoms with Gasteiger partial charge in [0.2, 0.25) is 5.78 Å². The number of methoxy groups -OCH3 is 1. The van der Waals surface area contributed by atoms with E-state index in [1.54, 1.807) is 49.0 Å². The van der Waals surface area contributed by atoms with Gasteiger partial charge in [-0.15, -0.1) is 0 Å². The molecule has 0 spiro atoms. The molecule has 0 amide bonds. The van der Waals surface area contributed by atoms with Gasteiger partial charge in [0.05, 0.1) is 17.7 Å². The Kier molecular flexibility index (Phi) is 6.49. The summed E-state index contributed by atoms with van der Waals surface area (Å²) >= 11 is 0. The van der Waals surface area contributed by atoms with E-state index in [9.17, 15) is 14.9 Å². The van der Waals surface area contributed by atoms with Crippen LogP contribution < -0.4 is 9.47 Å². The molecule has 0 aliphatic heterocycles. The number of benzene rings is 2. The molecule has 0 unspecified atom stereocenters. The molecule has 160 valence electrons. The third-order valence-corrected chi connectivity index (χ3v) is 4.68. The van der Waals surface area contributed by atoms with E-state index >= 15 is 0 Å². The molecule has 31 heavy (non-hydrogen) atoms. The molecule has 0 N–H and O–H groups in total. The molecule has 0 saturated heterocycles. The average Bonchev–Trinajstić information content (AvgIpc) is 3.09. The highest BCUT2D eigenvalue weighted by Gasteiger charge is 2.16. The first kappa shape index (κ1) is 21.8. The molecule has 3 aromatic rings. The first-order valence-corrected chi connectivity index (χ1v) is 9.56. The molecular weight excluding hydrogens is 398 g/mol. The summed E-state index contributed by atoms with van der Waals surface area (Å²) < 4.78 is 12.7. The lowest BCUT2D eigenvalue weighted by atomic mass is 10.1. The number of rotatable bonds is 8. The smallest absolute Gasteiger partial charge is 0.311 e. The number of ketones is 1. The predicted molar refractivity (Wildman–Crippen MR) is 116 cm³/mol. The minimum atomic E-state index is -0.468. The van der Waals surface area contributed by atoms with Crippen molar-refractivity contribution in [2.24, 2.45) is 7.05 Å². The van der Waals surface area contributed by atoms with Gasteiger partial charge in [-0.25, -0.2) is 0 Å². The highest BCUT2D eigenvalue weighted by atomic mass is 16.6. The number of nitrogens with zero attached hydrogens (tertiary/aromatic N) is 3. The fourth-order valence-electron chi connectivity index (χ4n) is 3.16. The Morgan fingerprint density at radius 3 is 2.55 bits per heavy atom. The number of aromatic nitrogens is 2. The summed E-state index contributed by atoms with van der Waals surface area (Å²) in [5, 5.41) is 15.5. The summed E-state index contributed by atoms with van der Waals surface area (Å²) in [6.45, 7) is 3.68. The Labute approximate surface area is 179 Å². The van der Waals surface area contributed by atoms with E-state index in [0.29, 0.717) is 17.0 Å². The van der Waals surface area contributed by atoms with Crippen molar-refractivity contribution in [1.82, 2.24) is 9.78 Å². The topological polar surface area (TPSA) is 96.5 Å². The third-order valence-electron chi connectivity index (χ3n) is 4.68. The molecule has 0 atom stereocenters. The van der Waals surface area contributed by atoms with Gasteiger partial charge in [0, 0.05) is 18.7 Å². The molecule has 0 radical (unpaired) electrons.